The lowest BCUT2D eigenvalue weighted by Crippen LogP contribution is -2.39. The number of fused-ring (bicyclic) bond motifs is 1. The van der Waals surface area contributed by atoms with Gasteiger partial charge in [0.15, 0.2) is 5.65 Å². The Bertz CT molecular complexity index is 1040. The molecule has 1 amide bonds. The molecule has 1 aliphatic heterocycles. The molecule has 4 rings (SSSR count). The zero-order chi connectivity index (χ0) is 20.5. The van der Waals surface area contributed by atoms with E-state index in [4.69, 9.17) is 14.8 Å². The molecule has 1 aliphatic rings. The van der Waals surface area contributed by atoms with Crippen LogP contribution in [0.15, 0.2) is 30.3 Å². The minimum absolute atomic E-state index is 0.0935. The third kappa shape index (κ3) is 3.59. The maximum absolute atomic E-state index is 13.5. The molecule has 152 valence electrons. The topological polar surface area (TPSA) is 60.2 Å². The van der Waals surface area contributed by atoms with Gasteiger partial charge in [0, 0.05) is 18.8 Å². The first kappa shape index (κ1) is 19.4. The Morgan fingerprint density at radius 3 is 2.69 bits per heavy atom. The largest absolute Gasteiger partial charge is 0.497 e. The number of methoxy groups -OCH3 is 1. The van der Waals surface area contributed by atoms with Crippen LogP contribution in [-0.2, 0) is 6.42 Å². The van der Waals surface area contributed by atoms with Gasteiger partial charge in [-0.05, 0) is 62.4 Å². The second kappa shape index (κ2) is 7.85. The van der Waals surface area contributed by atoms with Crippen molar-refractivity contribution in [2.24, 2.45) is 5.92 Å². The van der Waals surface area contributed by atoms with E-state index in [1.807, 2.05) is 46.8 Å². The van der Waals surface area contributed by atoms with Crippen LogP contribution >= 0.6 is 0 Å². The van der Waals surface area contributed by atoms with Gasteiger partial charge in [-0.25, -0.2) is 9.67 Å². The number of hydrogen-bond acceptors (Lipinski definition) is 4. The maximum Gasteiger partial charge on any atom is 0.254 e. The number of hydrogen-bond donors (Lipinski definition) is 0. The van der Waals surface area contributed by atoms with Crippen LogP contribution in [0.25, 0.3) is 16.7 Å². The van der Waals surface area contributed by atoms with Gasteiger partial charge in [-0.2, -0.15) is 5.10 Å². The molecule has 0 aliphatic carbocycles. The molecule has 1 atom stereocenters. The van der Waals surface area contributed by atoms with Crippen molar-refractivity contribution in [1.29, 1.82) is 0 Å². The summed E-state index contributed by atoms with van der Waals surface area (Å²) < 4.78 is 7.10. The monoisotopic (exact) mass is 392 g/mol. The van der Waals surface area contributed by atoms with E-state index in [-0.39, 0.29) is 5.91 Å². The Labute approximate surface area is 171 Å². The third-order valence-electron chi connectivity index (χ3n) is 5.72. The number of carbonyl (C=O) groups excluding carboxylic acids is 1. The number of likely N-dealkylation sites (tertiary alicyclic amines) is 1. The lowest BCUT2D eigenvalue weighted by molar-refractivity contribution is 0.0685. The predicted octanol–water partition coefficient (Wildman–Crippen LogP) is 4.17. The average molecular weight is 393 g/mol. The van der Waals surface area contributed by atoms with Crippen molar-refractivity contribution >= 4 is 16.9 Å². The fourth-order valence-corrected chi connectivity index (χ4v) is 4.14. The lowest BCUT2D eigenvalue weighted by Gasteiger charge is -2.31. The molecule has 0 N–H and O–H groups in total. The van der Waals surface area contributed by atoms with Gasteiger partial charge in [0.2, 0.25) is 0 Å². The Hall–Kier alpha value is -2.89. The van der Waals surface area contributed by atoms with Gasteiger partial charge < -0.3 is 9.64 Å². The van der Waals surface area contributed by atoms with Crippen molar-refractivity contribution < 1.29 is 9.53 Å². The van der Waals surface area contributed by atoms with Gasteiger partial charge in [-0.1, -0.05) is 13.8 Å². The molecule has 1 saturated heterocycles. The molecule has 29 heavy (non-hydrogen) atoms. The molecule has 0 saturated carbocycles. The molecule has 1 unspecified atom stereocenters. The number of rotatable bonds is 4. The molecule has 3 heterocycles. The number of ether oxygens (including phenoxy) is 1. The van der Waals surface area contributed by atoms with E-state index in [1.165, 1.54) is 6.42 Å². The highest BCUT2D eigenvalue weighted by atomic mass is 16.5. The summed E-state index contributed by atoms with van der Waals surface area (Å²) in [5.74, 6) is 1.43. The Morgan fingerprint density at radius 1 is 1.28 bits per heavy atom. The van der Waals surface area contributed by atoms with Gasteiger partial charge in [0.05, 0.1) is 29.4 Å². The lowest BCUT2D eigenvalue weighted by atomic mass is 9.98. The van der Waals surface area contributed by atoms with Crippen LogP contribution in [0.1, 0.15) is 48.4 Å². The SMILES string of the molecule is CCc1cc(C(=O)N2CCCC(C)C2)c2c(C)nn(-c3ccc(OC)cc3)c2n1. The van der Waals surface area contributed by atoms with Gasteiger partial charge in [-0.15, -0.1) is 0 Å². The van der Waals surface area contributed by atoms with Crippen LogP contribution in [0, 0.1) is 12.8 Å². The number of piperidine rings is 1. The zero-order valence-corrected chi connectivity index (χ0v) is 17.6. The summed E-state index contributed by atoms with van der Waals surface area (Å²) in [6.07, 6.45) is 3.01. The van der Waals surface area contributed by atoms with Crippen LogP contribution in [0.5, 0.6) is 5.75 Å². The van der Waals surface area contributed by atoms with Gasteiger partial charge >= 0.3 is 0 Å². The smallest absolute Gasteiger partial charge is 0.254 e. The molecule has 1 fully saturated rings. The molecule has 6 heteroatoms. The van der Waals surface area contributed by atoms with Gasteiger partial charge in [-0.3, -0.25) is 4.79 Å². The fourth-order valence-electron chi connectivity index (χ4n) is 4.14. The number of carbonyl (C=O) groups is 1. The number of nitrogens with zero attached hydrogens (tertiary/aromatic N) is 4. The molecule has 3 aromatic rings. The van der Waals surface area contributed by atoms with Crippen molar-refractivity contribution in [2.75, 3.05) is 20.2 Å². The predicted molar refractivity (Wildman–Crippen MR) is 114 cm³/mol. The van der Waals surface area contributed by atoms with E-state index in [9.17, 15) is 4.79 Å². The van der Waals surface area contributed by atoms with Crippen molar-refractivity contribution in [3.8, 4) is 11.4 Å². The summed E-state index contributed by atoms with van der Waals surface area (Å²) in [5, 5.41) is 5.59. The van der Waals surface area contributed by atoms with Crippen molar-refractivity contribution in [1.82, 2.24) is 19.7 Å². The van der Waals surface area contributed by atoms with Crippen LogP contribution in [-0.4, -0.2) is 45.8 Å². The van der Waals surface area contributed by atoms with Gasteiger partial charge in [0.1, 0.15) is 5.75 Å². The number of pyridine rings is 1. The first-order chi connectivity index (χ1) is 14.0. The number of aryl methyl sites for hydroxylation is 2. The summed E-state index contributed by atoms with van der Waals surface area (Å²) >= 11 is 0. The highest BCUT2D eigenvalue weighted by Gasteiger charge is 2.26. The summed E-state index contributed by atoms with van der Waals surface area (Å²) in [5.41, 5.74) is 4.08. The molecule has 0 bridgehead atoms. The minimum Gasteiger partial charge on any atom is -0.497 e. The summed E-state index contributed by atoms with van der Waals surface area (Å²) in [6.45, 7) is 7.86. The molecular formula is C23H28N4O2. The average Bonchev–Trinajstić information content (AvgIpc) is 3.09. The molecular weight excluding hydrogens is 364 g/mol. The Morgan fingerprint density at radius 2 is 2.03 bits per heavy atom. The molecule has 1 aromatic carbocycles. The van der Waals surface area contributed by atoms with Crippen LogP contribution in [0.4, 0.5) is 0 Å². The summed E-state index contributed by atoms with van der Waals surface area (Å²) in [4.78, 5) is 20.3. The van der Waals surface area contributed by atoms with E-state index in [1.54, 1.807) is 7.11 Å². The zero-order valence-electron chi connectivity index (χ0n) is 17.6. The molecule has 6 nitrogen and oxygen atoms in total. The van der Waals surface area contributed by atoms with E-state index in [2.05, 4.69) is 13.8 Å². The van der Waals surface area contributed by atoms with Crippen molar-refractivity contribution in [3.05, 3.63) is 47.3 Å². The van der Waals surface area contributed by atoms with E-state index >= 15 is 0 Å². The standard InChI is InChI=1S/C23H28N4O2/c1-5-17-13-20(23(28)26-12-6-7-15(2)14-26)21-16(3)25-27(22(21)24-17)18-8-10-19(29-4)11-9-18/h8-11,13,15H,5-7,12,14H2,1-4H3. The van der Waals surface area contributed by atoms with E-state index < -0.39 is 0 Å². The van der Waals surface area contributed by atoms with Crippen LogP contribution in [0.2, 0.25) is 0 Å². The number of aromatic nitrogens is 3. The maximum atomic E-state index is 13.5. The summed E-state index contributed by atoms with van der Waals surface area (Å²) in [7, 11) is 1.65. The second-order valence-corrected chi connectivity index (χ2v) is 7.91. The third-order valence-corrected chi connectivity index (χ3v) is 5.72. The summed E-state index contributed by atoms with van der Waals surface area (Å²) in [6, 6.07) is 9.68. The Balaban J connectivity index is 1.85. The fraction of sp³-hybridized carbons (Fsp3) is 0.435. The Kier molecular flexibility index (Phi) is 5.26. The highest BCUT2D eigenvalue weighted by Crippen LogP contribution is 2.28. The van der Waals surface area contributed by atoms with Crippen molar-refractivity contribution in [3.63, 3.8) is 0 Å². The van der Waals surface area contributed by atoms with Crippen LogP contribution < -0.4 is 4.74 Å². The number of benzene rings is 1. The van der Waals surface area contributed by atoms with E-state index in [0.29, 0.717) is 5.92 Å². The normalized spacial score (nSPS) is 17.0. The number of amides is 1. The van der Waals surface area contributed by atoms with Crippen molar-refractivity contribution in [2.45, 2.75) is 40.0 Å². The van der Waals surface area contributed by atoms with Gasteiger partial charge in [0.25, 0.3) is 5.91 Å². The molecule has 0 radical (unpaired) electrons. The quantitative estimate of drug-likeness (QED) is 0.669. The molecule has 0 spiro atoms. The highest BCUT2D eigenvalue weighted by molar-refractivity contribution is 6.06. The first-order valence-electron chi connectivity index (χ1n) is 10.3. The second-order valence-electron chi connectivity index (χ2n) is 7.91. The molecule has 2 aromatic heterocycles. The van der Waals surface area contributed by atoms with E-state index in [0.717, 1.165) is 65.4 Å². The first-order valence-corrected chi connectivity index (χ1v) is 10.3. The minimum atomic E-state index is 0.0935. The van der Waals surface area contributed by atoms with Crippen LogP contribution in [0.3, 0.4) is 0 Å².